The van der Waals surface area contributed by atoms with E-state index in [1.807, 2.05) is 43.3 Å². The summed E-state index contributed by atoms with van der Waals surface area (Å²) in [6.07, 6.45) is 10.4. The fourth-order valence-corrected chi connectivity index (χ4v) is 4.00. The Hall–Kier alpha value is -2.62. The molecule has 0 aliphatic heterocycles. The number of nitrogens with one attached hydrogen (secondary N) is 1. The van der Waals surface area contributed by atoms with Crippen molar-refractivity contribution in [3.63, 3.8) is 0 Å². The summed E-state index contributed by atoms with van der Waals surface area (Å²) in [6, 6.07) is 17.5. The molecule has 1 amide bonds. The first-order chi connectivity index (χ1) is 14.7. The first-order valence-electron chi connectivity index (χ1n) is 11.5. The number of carbonyl (C=O) groups excluding carboxylic acids is 1. The molecule has 0 bridgehead atoms. The molecule has 1 aromatic heterocycles. The quantitative estimate of drug-likeness (QED) is 0.342. The lowest BCUT2D eigenvalue weighted by atomic mass is 10.1. The van der Waals surface area contributed by atoms with Gasteiger partial charge in [0.15, 0.2) is 0 Å². The smallest absolute Gasteiger partial charge is 0.251 e. The van der Waals surface area contributed by atoms with Crippen LogP contribution >= 0.6 is 0 Å². The molecule has 160 valence electrons. The van der Waals surface area contributed by atoms with Crippen LogP contribution < -0.4 is 5.32 Å². The number of carbonyl (C=O) groups is 1. The summed E-state index contributed by atoms with van der Waals surface area (Å²) in [5.41, 5.74) is 2.82. The van der Waals surface area contributed by atoms with Gasteiger partial charge in [0.05, 0.1) is 17.1 Å². The van der Waals surface area contributed by atoms with Gasteiger partial charge in [-0.15, -0.1) is 0 Å². The molecule has 0 saturated carbocycles. The van der Waals surface area contributed by atoms with Gasteiger partial charge in [-0.05, 0) is 37.6 Å². The van der Waals surface area contributed by atoms with Gasteiger partial charge in [-0.25, -0.2) is 4.98 Å². The topological polar surface area (TPSA) is 46.9 Å². The molecule has 0 aliphatic carbocycles. The van der Waals surface area contributed by atoms with Crippen LogP contribution in [0.4, 0.5) is 0 Å². The zero-order valence-electron chi connectivity index (χ0n) is 18.4. The van der Waals surface area contributed by atoms with Gasteiger partial charge in [0.2, 0.25) is 0 Å². The van der Waals surface area contributed by atoms with Crippen LogP contribution in [0.15, 0.2) is 54.6 Å². The summed E-state index contributed by atoms with van der Waals surface area (Å²) in [5, 5.41) is 3.12. The number of rotatable bonds is 12. The number of benzene rings is 2. The van der Waals surface area contributed by atoms with Gasteiger partial charge in [-0.1, -0.05) is 82.2 Å². The van der Waals surface area contributed by atoms with E-state index < -0.39 is 0 Å². The SMILES string of the molecule is CCCCCCCCCCn1c(C(C)NC(=O)c2ccccc2)nc2ccccc21. The van der Waals surface area contributed by atoms with E-state index in [1.54, 1.807) is 0 Å². The number of imidazole rings is 1. The molecule has 0 fully saturated rings. The van der Waals surface area contributed by atoms with Crippen molar-refractivity contribution in [1.82, 2.24) is 14.9 Å². The molecule has 1 unspecified atom stereocenters. The van der Waals surface area contributed by atoms with E-state index in [2.05, 4.69) is 35.0 Å². The second-order valence-electron chi connectivity index (χ2n) is 8.15. The monoisotopic (exact) mass is 405 g/mol. The summed E-state index contributed by atoms with van der Waals surface area (Å²) in [7, 11) is 0. The van der Waals surface area contributed by atoms with Gasteiger partial charge in [0.25, 0.3) is 5.91 Å². The van der Waals surface area contributed by atoms with E-state index >= 15 is 0 Å². The highest BCUT2D eigenvalue weighted by Crippen LogP contribution is 2.22. The minimum atomic E-state index is -0.154. The molecular formula is C26H35N3O. The lowest BCUT2D eigenvalue weighted by Crippen LogP contribution is -2.28. The van der Waals surface area contributed by atoms with Crippen LogP contribution in [0.3, 0.4) is 0 Å². The molecule has 0 spiro atoms. The van der Waals surface area contributed by atoms with Crippen LogP contribution in [-0.2, 0) is 6.54 Å². The van der Waals surface area contributed by atoms with E-state index in [4.69, 9.17) is 4.98 Å². The maximum Gasteiger partial charge on any atom is 0.251 e. The first-order valence-corrected chi connectivity index (χ1v) is 11.5. The fraction of sp³-hybridized carbons (Fsp3) is 0.462. The Kier molecular flexibility index (Phi) is 8.49. The van der Waals surface area contributed by atoms with E-state index in [0.29, 0.717) is 5.56 Å². The van der Waals surface area contributed by atoms with Crippen LogP contribution in [0.5, 0.6) is 0 Å². The number of para-hydroxylation sites is 2. The molecule has 0 radical (unpaired) electrons. The van der Waals surface area contributed by atoms with Gasteiger partial charge < -0.3 is 9.88 Å². The van der Waals surface area contributed by atoms with Crippen LogP contribution in [0.2, 0.25) is 0 Å². The Labute approximate surface area is 180 Å². The predicted octanol–water partition coefficient (Wildman–Crippen LogP) is 6.67. The number of aryl methyl sites for hydroxylation is 1. The van der Waals surface area contributed by atoms with Gasteiger partial charge in [0, 0.05) is 12.1 Å². The molecular weight excluding hydrogens is 370 g/mol. The Morgan fingerprint density at radius 2 is 1.53 bits per heavy atom. The molecule has 4 nitrogen and oxygen atoms in total. The van der Waals surface area contributed by atoms with Crippen molar-refractivity contribution in [3.8, 4) is 0 Å². The Morgan fingerprint density at radius 1 is 0.900 bits per heavy atom. The molecule has 0 aliphatic rings. The molecule has 1 atom stereocenters. The second-order valence-corrected chi connectivity index (χ2v) is 8.15. The van der Waals surface area contributed by atoms with E-state index in [1.165, 1.54) is 44.9 Å². The highest BCUT2D eigenvalue weighted by atomic mass is 16.1. The van der Waals surface area contributed by atoms with Crippen molar-refractivity contribution in [3.05, 3.63) is 66.0 Å². The average Bonchev–Trinajstić information content (AvgIpc) is 3.15. The van der Waals surface area contributed by atoms with Crippen LogP contribution in [0.25, 0.3) is 11.0 Å². The van der Waals surface area contributed by atoms with Crippen molar-refractivity contribution in [2.24, 2.45) is 0 Å². The highest BCUT2D eigenvalue weighted by Gasteiger charge is 2.18. The Morgan fingerprint density at radius 3 is 2.27 bits per heavy atom. The van der Waals surface area contributed by atoms with Gasteiger partial charge in [-0.2, -0.15) is 0 Å². The second kappa shape index (κ2) is 11.5. The van der Waals surface area contributed by atoms with E-state index in [9.17, 15) is 4.79 Å². The number of nitrogens with zero attached hydrogens (tertiary/aromatic N) is 2. The molecule has 4 heteroatoms. The number of amides is 1. The summed E-state index contributed by atoms with van der Waals surface area (Å²) in [5.74, 6) is 0.872. The van der Waals surface area contributed by atoms with Crippen molar-refractivity contribution in [1.29, 1.82) is 0 Å². The van der Waals surface area contributed by atoms with Crippen molar-refractivity contribution < 1.29 is 4.79 Å². The molecule has 1 heterocycles. The van der Waals surface area contributed by atoms with Crippen LogP contribution in [-0.4, -0.2) is 15.5 Å². The minimum absolute atomic E-state index is 0.0613. The van der Waals surface area contributed by atoms with E-state index in [0.717, 1.165) is 29.8 Å². The van der Waals surface area contributed by atoms with Crippen LogP contribution in [0, 0.1) is 0 Å². The summed E-state index contributed by atoms with van der Waals surface area (Å²) in [6.45, 7) is 5.22. The summed E-state index contributed by atoms with van der Waals surface area (Å²) < 4.78 is 2.29. The molecule has 1 N–H and O–H groups in total. The maximum absolute atomic E-state index is 12.6. The predicted molar refractivity (Wildman–Crippen MR) is 125 cm³/mol. The van der Waals surface area contributed by atoms with Gasteiger partial charge in [-0.3, -0.25) is 4.79 Å². The van der Waals surface area contributed by atoms with Crippen molar-refractivity contribution in [2.75, 3.05) is 0 Å². The maximum atomic E-state index is 12.6. The third-order valence-electron chi connectivity index (χ3n) is 5.69. The lowest BCUT2D eigenvalue weighted by Gasteiger charge is -2.16. The van der Waals surface area contributed by atoms with Crippen LogP contribution in [0.1, 0.15) is 87.4 Å². The van der Waals surface area contributed by atoms with Crippen molar-refractivity contribution in [2.45, 2.75) is 77.8 Å². The number of hydrogen-bond donors (Lipinski definition) is 1. The number of unbranched alkanes of at least 4 members (excludes halogenated alkanes) is 7. The third-order valence-corrected chi connectivity index (χ3v) is 5.69. The van der Waals surface area contributed by atoms with Crippen molar-refractivity contribution >= 4 is 16.9 Å². The molecule has 30 heavy (non-hydrogen) atoms. The summed E-state index contributed by atoms with van der Waals surface area (Å²) >= 11 is 0. The minimum Gasteiger partial charge on any atom is -0.342 e. The van der Waals surface area contributed by atoms with E-state index in [-0.39, 0.29) is 11.9 Å². The highest BCUT2D eigenvalue weighted by molar-refractivity contribution is 5.94. The van der Waals surface area contributed by atoms with Gasteiger partial charge >= 0.3 is 0 Å². The largest absolute Gasteiger partial charge is 0.342 e. The standard InChI is InChI=1S/C26H35N3O/c1-3-4-5-6-7-8-9-15-20-29-24-19-14-13-18-23(24)28-25(29)21(2)27-26(30)22-16-11-10-12-17-22/h10-14,16-19,21H,3-9,15,20H2,1-2H3,(H,27,30). The fourth-order valence-electron chi connectivity index (χ4n) is 4.00. The Balaban J connectivity index is 1.63. The molecule has 3 rings (SSSR count). The molecule has 2 aromatic carbocycles. The summed E-state index contributed by atoms with van der Waals surface area (Å²) in [4.78, 5) is 17.5. The molecule has 3 aromatic rings. The number of hydrogen-bond acceptors (Lipinski definition) is 2. The Bertz CT molecular complexity index is 916. The lowest BCUT2D eigenvalue weighted by molar-refractivity contribution is 0.0937. The number of aromatic nitrogens is 2. The third kappa shape index (κ3) is 5.94. The zero-order valence-corrected chi connectivity index (χ0v) is 18.4. The normalized spacial score (nSPS) is 12.2. The average molecular weight is 406 g/mol. The zero-order chi connectivity index (χ0) is 21.2. The van der Waals surface area contributed by atoms with Gasteiger partial charge in [0.1, 0.15) is 5.82 Å². The first kappa shape index (κ1) is 22.1. The number of fused-ring (bicyclic) bond motifs is 1. The molecule has 0 saturated heterocycles.